The summed E-state index contributed by atoms with van der Waals surface area (Å²) in [4.78, 5) is 25.4. The lowest BCUT2D eigenvalue weighted by Gasteiger charge is -2.58. The monoisotopic (exact) mass is 639 g/mol. The number of aryl methyl sites for hydroxylation is 1. The zero-order valence-electron chi connectivity index (χ0n) is 28.2. The van der Waals surface area contributed by atoms with Crippen LogP contribution in [0.3, 0.4) is 0 Å². The predicted molar refractivity (Wildman–Crippen MR) is 172 cm³/mol. The van der Waals surface area contributed by atoms with Crippen LogP contribution in [0.25, 0.3) is 0 Å². The molecule has 1 aliphatic heterocycles. The van der Waals surface area contributed by atoms with Crippen molar-refractivity contribution in [2.75, 3.05) is 13.7 Å². The summed E-state index contributed by atoms with van der Waals surface area (Å²) in [6.45, 7) is 9.65. The highest BCUT2D eigenvalue weighted by molar-refractivity contribution is 5.81. The smallest absolute Gasteiger partial charge is 0.217 e. The van der Waals surface area contributed by atoms with Gasteiger partial charge in [0.2, 0.25) is 5.91 Å². The molecular formula is C37H53NO8. The average Bonchev–Trinajstić information content (AvgIpc) is 3.34. The van der Waals surface area contributed by atoms with E-state index >= 15 is 0 Å². The second-order valence-electron chi connectivity index (χ2n) is 15.4. The summed E-state index contributed by atoms with van der Waals surface area (Å²) in [6, 6.07) is 5.35. The van der Waals surface area contributed by atoms with E-state index in [4.69, 9.17) is 14.2 Å². The van der Waals surface area contributed by atoms with Gasteiger partial charge in [0.05, 0.1) is 19.8 Å². The van der Waals surface area contributed by atoms with Gasteiger partial charge in [0.15, 0.2) is 6.29 Å². The number of ether oxygens (including phenoxy) is 3. The summed E-state index contributed by atoms with van der Waals surface area (Å²) < 4.78 is 17.9. The Morgan fingerprint density at radius 2 is 1.85 bits per heavy atom. The van der Waals surface area contributed by atoms with Crippen molar-refractivity contribution in [1.82, 2.24) is 5.32 Å². The molecule has 1 heterocycles. The molecule has 4 N–H and O–H groups in total. The lowest BCUT2D eigenvalue weighted by Crippen LogP contribution is -2.65. The van der Waals surface area contributed by atoms with Gasteiger partial charge in [-0.25, -0.2) is 0 Å². The molecule has 5 aliphatic rings. The number of allylic oxidation sites excluding steroid dienone is 1. The lowest BCUT2D eigenvalue weighted by molar-refractivity contribution is -0.284. The molecule has 10 unspecified atom stereocenters. The van der Waals surface area contributed by atoms with Crippen molar-refractivity contribution < 1.29 is 39.1 Å². The number of aliphatic hydroxyl groups is 3. The number of Topliss-reactive ketones (excluding diaryl/α,β-unsaturated/α-hetero) is 1. The van der Waals surface area contributed by atoms with Gasteiger partial charge in [-0.15, -0.1) is 0 Å². The van der Waals surface area contributed by atoms with E-state index < -0.39 is 37.3 Å². The van der Waals surface area contributed by atoms with Gasteiger partial charge in [-0.05, 0) is 117 Å². The minimum absolute atomic E-state index is 0.00441. The molecule has 0 radical (unpaired) electrons. The van der Waals surface area contributed by atoms with Crippen molar-refractivity contribution in [1.29, 1.82) is 0 Å². The topological polar surface area (TPSA) is 135 Å². The molecule has 0 spiro atoms. The highest BCUT2D eigenvalue weighted by Gasteiger charge is 2.62. The van der Waals surface area contributed by atoms with Gasteiger partial charge in [0, 0.05) is 12.8 Å². The highest BCUT2D eigenvalue weighted by Crippen LogP contribution is 2.69. The van der Waals surface area contributed by atoms with E-state index in [0.717, 1.165) is 50.7 Å². The second kappa shape index (κ2) is 12.6. The number of methoxy groups -OCH3 is 1. The highest BCUT2D eigenvalue weighted by atomic mass is 16.7. The summed E-state index contributed by atoms with van der Waals surface area (Å²) in [5.74, 6) is 2.46. The van der Waals surface area contributed by atoms with E-state index in [-0.39, 0.29) is 34.7 Å². The summed E-state index contributed by atoms with van der Waals surface area (Å²) >= 11 is 0. The Kier molecular flexibility index (Phi) is 9.22. The first kappa shape index (κ1) is 33.6. The van der Waals surface area contributed by atoms with Crippen LogP contribution in [0.4, 0.5) is 0 Å². The van der Waals surface area contributed by atoms with Crippen LogP contribution in [0.5, 0.6) is 5.75 Å². The van der Waals surface area contributed by atoms with Crippen LogP contribution in [0.1, 0.15) is 89.7 Å². The molecular weight excluding hydrogens is 586 g/mol. The summed E-state index contributed by atoms with van der Waals surface area (Å²) in [5, 5.41) is 33.6. The normalized spacial score (nSPS) is 43.5. The van der Waals surface area contributed by atoms with Crippen LogP contribution in [0.15, 0.2) is 29.8 Å². The van der Waals surface area contributed by atoms with Crippen LogP contribution in [0.2, 0.25) is 0 Å². The average molecular weight is 640 g/mol. The van der Waals surface area contributed by atoms with E-state index in [1.54, 1.807) is 14.0 Å². The number of rotatable bonds is 7. The van der Waals surface area contributed by atoms with E-state index in [1.165, 1.54) is 23.6 Å². The summed E-state index contributed by atoms with van der Waals surface area (Å²) in [5.41, 5.74) is 3.88. The fourth-order valence-electron chi connectivity index (χ4n) is 10.8. The van der Waals surface area contributed by atoms with Crippen LogP contribution < -0.4 is 10.1 Å². The minimum atomic E-state index is -1.34. The number of fused-ring (bicyclic) bond motifs is 5. The zero-order valence-corrected chi connectivity index (χ0v) is 28.2. The molecule has 4 fully saturated rings. The molecule has 1 amide bonds. The van der Waals surface area contributed by atoms with Crippen molar-refractivity contribution >= 4 is 11.7 Å². The lowest BCUT2D eigenvalue weighted by atomic mass is 9.47. The molecule has 1 aromatic carbocycles. The Morgan fingerprint density at radius 3 is 2.52 bits per heavy atom. The van der Waals surface area contributed by atoms with Gasteiger partial charge >= 0.3 is 0 Å². The molecule has 4 aliphatic carbocycles. The molecule has 0 bridgehead atoms. The van der Waals surface area contributed by atoms with Crippen molar-refractivity contribution in [3.05, 3.63) is 41.0 Å². The first-order valence-electron chi connectivity index (χ1n) is 17.2. The Morgan fingerprint density at radius 1 is 1.09 bits per heavy atom. The van der Waals surface area contributed by atoms with Gasteiger partial charge in [-0.3, -0.25) is 9.59 Å². The third-order valence-corrected chi connectivity index (χ3v) is 13.0. The molecule has 9 heteroatoms. The molecule has 6 rings (SSSR count). The van der Waals surface area contributed by atoms with Crippen LogP contribution in [-0.4, -0.2) is 77.5 Å². The quantitative estimate of drug-likeness (QED) is 0.327. The van der Waals surface area contributed by atoms with E-state index in [9.17, 15) is 24.9 Å². The number of ketones is 1. The van der Waals surface area contributed by atoms with Crippen molar-refractivity contribution in [3.8, 4) is 5.75 Å². The van der Waals surface area contributed by atoms with E-state index in [0.29, 0.717) is 23.5 Å². The van der Waals surface area contributed by atoms with Crippen LogP contribution in [0, 0.1) is 41.4 Å². The van der Waals surface area contributed by atoms with Gasteiger partial charge in [-0.1, -0.05) is 31.6 Å². The maximum atomic E-state index is 13.4. The van der Waals surface area contributed by atoms with Gasteiger partial charge in [0.25, 0.3) is 0 Å². The van der Waals surface area contributed by atoms with Crippen LogP contribution >= 0.6 is 0 Å². The third kappa shape index (κ3) is 5.54. The number of hydrogen-bond donors (Lipinski definition) is 4. The fraction of sp³-hybridized carbons (Fsp3) is 0.730. The Bertz CT molecular complexity index is 1360. The van der Waals surface area contributed by atoms with Gasteiger partial charge < -0.3 is 34.8 Å². The number of nitrogens with one attached hydrogen (secondary N) is 1. The largest absolute Gasteiger partial charge is 0.497 e. The summed E-state index contributed by atoms with van der Waals surface area (Å²) in [6.07, 6.45) is 4.26. The maximum absolute atomic E-state index is 13.4. The van der Waals surface area contributed by atoms with Crippen molar-refractivity contribution in [3.63, 3.8) is 0 Å². The first-order valence-corrected chi connectivity index (χ1v) is 17.2. The van der Waals surface area contributed by atoms with Crippen molar-refractivity contribution in [2.45, 2.75) is 122 Å². The number of carbonyl (C=O) groups excluding carboxylic acids is 2. The standard InChI is InChI=1S/C37H53NO8/c1-19-7-9-23(44-6)16-26(19)27-17-29-25-10-8-22-15-24(45-35-32(38-21(3)41)34(43)33(42)30(18-39)46-35)11-13-36(22,4)28(25)12-14-37(29,5)31(27)20(2)40/h7-9,16,24-25,27-35,39,42-43H,10-15,17-18H2,1-6H3,(H,38,41)/t24?,25?,27?,28?,29?,30-,31?,32-,33?,34-,35?,36?,37?/m1/s1. The minimum Gasteiger partial charge on any atom is -0.497 e. The number of amides is 1. The Hall–Kier alpha value is -2.30. The second-order valence-corrected chi connectivity index (χ2v) is 15.4. The number of benzene rings is 1. The molecule has 3 saturated carbocycles. The molecule has 1 aromatic rings. The number of carbonyl (C=O) groups is 2. The van der Waals surface area contributed by atoms with E-state index in [2.05, 4.69) is 44.3 Å². The molecule has 0 aromatic heterocycles. The number of hydrogen-bond acceptors (Lipinski definition) is 8. The van der Waals surface area contributed by atoms with Gasteiger partial charge in [-0.2, -0.15) is 0 Å². The molecule has 13 atom stereocenters. The Labute approximate surface area is 273 Å². The maximum Gasteiger partial charge on any atom is 0.217 e. The van der Waals surface area contributed by atoms with E-state index in [1.807, 2.05) is 6.07 Å². The fourth-order valence-corrected chi connectivity index (χ4v) is 10.8. The predicted octanol–water partition coefficient (Wildman–Crippen LogP) is 4.19. The Balaban J connectivity index is 1.23. The molecule has 46 heavy (non-hydrogen) atoms. The van der Waals surface area contributed by atoms with Crippen LogP contribution in [-0.2, 0) is 19.1 Å². The van der Waals surface area contributed by atoms with Gasteiger partial charge in [0.1, 0.15) is 35.9 Å². The zero-order chi connectivity index (χ0) is 33.1. The molecule has 1 saturated heterocycles. The SMILES string of the molecule is COc1ccc(C)c(C2CC3C4CC=C5CC(OC6O[C@H](CO)C(O)[C@H](O)[C@H]6NC(C)=O)CCC5(C)C4CCC3(C)C2C(C)=O)c1. The molecule has 9 nitrogen and oxygen atoms in total. The molecule has 254 valence electrons. The van der Waals surface area contributed by atoms with Crippen molar-refractivity contribution in [2.24, 2.45) is 34.5 Å². The first-order chi connectivity index (χ1) is 21.8. The number of aliphatic hydroxyl groups excluding tert-OH is 3. The third-order valence-electron chi connectivity index (χ3n) is 13.0. The summed E-state index contributed by atoms with van der Waals surface area (Å²) in [7, 11) is 1.70.